The van der Waals surface area contributed by atoms with Crippen LogP contribution in [-0.4, -0.2) is 10.0 Å². The van der Waals surface area contributed by atoms with E-state index in [1.54, 1.807) is 25.1 Å². The molecule has 0 aliphatic carbocycles. The molecular weight excluding hydrogens is 294 g/mol. The Hall–Kier alpha value is -2.66. The molecule has 0 bridgehead atoms. The lowest BCUT2D eigenvalue weighted by molar-refractivity contribution is -0.425. The van der Waals surface area contributed by atoms with Gasteiger partial charge in [0, 0.05) is 18.1 Å². The summed E-state index contributed by atoms with van der Waals surface area (Å²) in [4.78, 5) is 10.5. The number of ether oxygens (including phenoxy) is 1. The van der Waals surface area contributed by atoms with Gasteiger partial charge in [-0.15, -0.1) is 0 Å². The molecule has 0 saturated heterocycles. The number of aliphatic hydroxyl groups excluding tert-OH is 1. The van der Waals surface area contributed by atoms with E-state index in [0.717, 1.165) is 5.56 Å². The minimum atomic E-state index is -0.384. The number of hydrogen-bond acceptors (Lipinski definition) is 4. The molecule has 2 aromatic rings. The first-order chi connectivity index (χ1) is 11.1. The highest BCUT2D eigenvalue weighted by molar-refractivity contribution is 5.55. The number of benzene rings is 2. The largest absolute Gasteiger partial charge is 0.489 e. The van der Waals surface area contributed by atoms with Gasteiger partial charge >= 0.3 is 0 Å². The van der Waals surface area contributed by atoms with E-state index in [2.05, 4.69) is 0 Å². The molecule has 2 aromatic carbocycles. The van der Waals surface area contributed by atoms with Crippen LogP contribution in [0.4, 0.5) is 0 Å². The van der Waals surface area contributed by atoms with E-state index in [1.807, 2.05) is 30.3 Å². The van der Waals surface area contributed by atoms with Gasteiger partial charge < -0.3 is 9.84 Å². The Morgan fingerprint density at radius 3 is 2.61 bits per heavy atom. The van der Waals surface area contributed by atoms with Gasteiger partial charge in [0.05, 0.1) is 11.5 Å². The minimum absolute atomic E-state index is 0.135. The summed E-state index contributed by atoms with van der Waals surface area (Å²) in [6, 6.07) is 14.9. The number of nitrogens with zero attached hydrogens (tertiary/aromatic N) is 1. The van der Waals surface area contributed by atoms with E-state index in [-0.39, 0.29) is 17.2 Å². The highest BCUT2D eigenvalue weighted by Crippen LogP contribution is 2.24. The lowest BCUT2D eigenvalue weighted by Crippen LogP contribution is -2.00. The van der Waals surface area contributed by atoms with Crippen molar-refractivity contribution in [3.8, 4) is 5.75 Å². The number of nitro groups is 1. The fourth-order valence-corrected chi connectivity index (χ4v) is 2.14. The molecule has 5 heteroatoms. The van der Waals surface area contributed by atoms with E-state index in [1.165, 1.54) is 6.08 Å². The summed E-state index contributed by atoms with van der Waals surface area (Å²) >= 11 is 0. The van der Waals surface area contributed by atoms with E-state index in [9.17, 15) is 15.2 Å². The standard InChI is InChI=1S/C18H19NO4/c1-2-17(19(21)22)10-15-8-9-16(12-20)18(11-15)23-13-14-6-4-3-5-7-14/h3-11,20H,2,12-13H2,1H3/b17-10+. The molecule has 0 radical (unpaired) electrons. The van der Waals surface area contributed by atoms with Crippen molar-refractivity contribution in [2.24, 2.45) is 0 Å². The molecule has 120 valence electrons. The third kappa shape index (κ3) is 4.66. The van der Waals surface area contributed by atoms with Gasteiger partial charge in [0.15, 0.2) is 0 Å². The fraction of sp³-hybridized carbons (Fsp3) is 0.222. The van der Waals surface area contributed by atoms with E-state index in [0.29, 0.717) is 29.9 Å². The SMILES string of the molecule is CC/C(=C\c1ccc(CO)c(OCc2ccccc2)c1)[N+](=O)[O-]. The Labute approximate surface area is 135 Å². The quantitative estimate of drug-likeness (QED) is 0.623. The Kier molecular flexibility index (Phi) is 5.88. The summed E-state index contributed by atoms with van der Waals surface area (Å²) < 4.78 is 5.77. The maximum atomic E-state index is 10.9. The molecule has 0 spiro atoms. The van der Waals surface area contributed by atoms with Crippen LogP contribution in [0.3, 0.4) is 0 Å². The maximum absolute atomic E-state index is 10.9. The molecule has 0 unspecified atom stereocenters. The molecule has 23 heavy (non-hydrogen) atoms. The highest BCUT2D eigenvalue weighted by atomic mass is 16.6. The fourth-order valence-electron chi connectivity index (χ4n) is 2.14. The lowest BCUT2D eigenvalue weighted by Gasteiger charge is -2.11. The third-order valence-electron chi connectivity index (χ3n) is 3.43. The Bertz CT molecular complexity index is 695. The minimum Gasteiger partial charge on any atom is -0.489 e. The van der Waals surface area contributed by atoms with Crippen molar-refractivity contribution in [2.45, 2.75) is 26.6 Å². The normalized spacial score (nSPS) is 11.3. The molecule has 0 heterocycles. The molecule has 0 aliphatic heterocycles. The van der Waals surface area contributed by atoms with Gasteiger partial charge in [0.2, 0.25) is 5.70 Å². The molecule has 0 aliphatic rings. The van der Waals surface area contributed by atoms with E-state index < -0.39 is 0 Å². The molecular formula is C18H19NO4. The van der Waals surface area contributed by atoms with Crippen molar-refractivity contribution in [3.05, 3.63) is 81.0 Å². The van der Waals surface area contributed by atoms with Gasteiger partial charge in [-0.25, -0.2) is 0 Å². The van der Waals surface area contributed by atoms with Crippen molar-refractivity contribution in [2.75, 3.05) is 0 Å². The molecule has 0 atom stereocenters. The summed E-state index contributed by atoms with van der Waals surface area (Å²) in [6.45, 7) is 1.96. The average molecular weight is 313 g/mol. The van der Waals surface area contributed by atoms with Gasteiger partial charge in [-0.05, 0) is 17.2 Å². The van der Waals surface area contributed by atoms with Crippen LogP contribution >= 0.6 is 0 Å². The van der Waals surface area contributed by atoms with Crippen LogP contribution in [0.5, 0.6) is 5.75 Å². The molecule has 5 nitrogen and oxygen atoms in total. The molecule has 1 N–H and O–H groups in total. The second-order valence-corrected chi connectivity index (χ2v) is 5.05. The maximum Gasteiger partial charge on any atom is 0.246 e. The zero-order chi connectivity index (χ0) is 16.7. The monoisotopic (exact) mass is 313 g/mol. The Morgan fingerprint density at radius 1 is 1.26 bits per heavy atom. The lowest BCUT2D eigenvalue weighted by atomic mass is 10.1. The zero-order valence-corrected chi connectivity index (χ0v) is 12.9. The highest BCUT2D eigenvalue weighted by Gasteiger charge is 2.09. The summed E-state index contributed by atoms with van der Waals surface area (Å²) in [5.41, 5.74) is 2.48. The smallest absolute Gasteiger partial charge is 0.246 e. The van der Waals surface area contributed by atoms with Crippen molar-refractivity contribution in [3.63, 3.8) is 0 Å². The van der Waals surface area contributed by atoms with Crippen molar-refractivity contribution >= 4 is 6.08 Å². The van der Waals surface area contributed by atoms with Gasteiger partial charge in [0.1, 0.15) is 12.4 Å². The molecule has 0 saturated carbocycles. The van der Waals surface area contributed by atoms with E-state index in [4.69, 9.17) is 4.74 Å². The predicted octanol–water partition coefficient (Wildman–Crippen LogP) is 3.79. The zero-order valence-electron chi connectivity index (χ0n) is 12.9. The first-order valence-electron chi connectivity index (χ1n) is 7.39. The molecule has 0 aromatic heterocycles. The Balaban J connectivity index is 2.23. The summed E-state index contributed by atoms with van der Waals surface area (Å²) in [5, 5.41) is 20.3. The van der Waals surface area contributed by atoms with E-state index >= 15 is 0 Å². The van der Waals surface area contributed by atoms with Crippen LogP contribution < -0.4 is 4.74 Å². The van der Waals surface area contributed by atoms with Crippen LogP contribution in [0.25, 0.3) is 6.08 Å². The number of rotatable bonds is 7. The summed E-state index contributed by atoms with van der Waals surface area (Å²) in [7, 11) is 0. The predicted molar refractivity (Wildman–Crippen MR) is 88.4 cm³/mol. The van der Waals surface area contributed by atoms with Crippen molar-refractivity contribution < 1.29 is 14.8 Å². The van der Waals surface area contributed by atoms with Crippen LogP contribution in [0, 0.1) is 10.1 Å². The molecule has 0 fully saturated rings. The third-order valence-corrected chi connectivity index (χ3v) is 3.43. The Morgan fingerprint density at radius 2 is 2.00 bits per heavy atom. The van der Waals surface area contributed by atoms with Crippen molar-refractivity contribution in [1.29, 1.82) is 0 Å². The van der Waals surface area contributed by atoms with Crippen LogP contribution in [0.1, 0.15) is 30.0 Å². The van der Waals surface area contributed by atoms with Crippen LogP contribution in [-0.2, 0) is 13.2 Å². The topological polar surface area (TPSA) is 72.6 Å². The number of hydrogen-bond donors (Lipinski definition) is 1. The molecule has 2 rings (SSSR count). The van der Waals surface area contributed by atoms with Gasteiger partial charge in [-0.3, -0.25) is 10.1 Å². The van der Waals surface area contributed by atoms with Crippen molar-refractivity contribution in [1.82, 2.24) is 0 Å². The number of aliphatic hydroxyl groups is 1. The first kappa shape index (κ1) is 16.7. The second kappa shape index (κ2) is 8.10. The first-order valence-corrected chi connectivity index (χ1v) is 7.39. The van der Waals surface area contributed by atoms with Crippen LogP contribution in [0.2, 0.25) is 0 Å². The molecule has 0 amide bonds. The second-order valence-electron chi connectivity index (χ2n) is 5.05. The summed E-state index contributed by atoms with van der Waals surface area (Å²) in [6.07, 6.45) is 1.87. The number of allylic oxidation sites excluding steroid dienone is 1. The van der Waals surface area contributed by atoms with Gasteiger partial charge in [-0.2, -0.15) is 0 Å². The van der Waals surface area contributed by atoms with Crippen LogP contribution in [0.15, 0.2) is 54.2 Å². The summed E-state index contributed by atoms with van der Waals surface area (Å²) in [5.74, 6) is 0.531. The average Bonchev–Trinajstić information content (AvgIpc) is 2.58. The van der Waals surface area contributed by atoms with Gasteiger partial charge in [-0.1, -0.05) is 49.4 Å². The van der Waals surface area contributed by atoms with Gasteiger partial charge in [0.25, 0.3) is 0 Å².